The zero-order valence-electron chi connectivity index (χ0n) is 10.4. The van der Waals surface area contributed by atoms with Crippen molar-refractivity contribution in [2.45, 2.75) is 0 Å². The molecule has 2 rings (SSSR count). The molecule has 0 aromatic heterocycles. The number of carbonyl (C=O) groups is 1. The third kappa shape index (κ3) is 3.34. The van der Waals surface area contributed by atoms with Gasteiger partial charge in [0, 0.05) is 10.0 Å². The maximum atomic E-state index is 13.5. The van der Waals surface area contributed by atoms with Crippen LogP contribution in [0.1, 0.15) is 10.4 Å². The summed E-state index contributed by atoms with van der Waals surface area (Å²) in [5.41, 5.74) is 1.19. The molecular weight excluding hydrogens is 351 g/mol. The lowest BCUT2D eigenvalue weighted by molar-refractivity contribution is 0.102. The SMILES string of the molecule is NNc1c(F)cc(C(=O)Nc2cc(F)ccc2Br)cc1F. The molecule has 21 heavy (non-hydrogen) atoms. The molecule has 0 aliphatic carbocycles. The minimum Gasteiger partial charge on any atom is -0.321 e. The molecule has 0 aliphatic rings. The van der Waals surface area contributed by atoms with E-state index in [1.807, 2.05) is 5.43 Å². The van der Waals surface area contributed by atoms with Crippen molar-refractivity contribution in [1.29, 1.82) is 0 Å². The number of nitrogens with two attached hydrogens (primary N) is 1. The Labute approximate surface area is 126 Å². The van der Waals surface area contributed by atoms with Gasteiger partial charge in [-0.15, -0.1) is 0 Å². The van der Waals surface area contributed by atoms with Crippen molar-refractivity contribution in [3.8, 4) is 0 Å². The topological polar surface area (TPSA) is 67.1 Å². The van der Waals surface area contributed by atoms with E-state index in [1.165, 1.54) is 12.1 Å². The minimum atomic E-state index is -1.01. The number of nitrogens with one attached hydrogen (secondary N) is 2. The normalized spacial score (nSPS) is 10.3. The molecule has 2 aromatic rings. The Bertz CT molecular complexity index is 686. The van der Waals surface area contributed by atoms with Crippen LogP contribution in [-0.4, -0.2) is 5.91 Å². The monoisotopic (exact) mass is 359 g/mol. The molecule has 0 atom stereocenters. The van der Waals surface area contributed by atoms with Crippen molar-refractivity contribution in [2.75, 3.05) is 10.7 Å². The fraction of sp³-hybridized carbons (Fsp3) is 0. The van der Waals surface area contributed by atoms with Gasteiger partial charge in [-0.1, -0.05) is 0 Å². The van der Waals surface area contributed by atoms with Crippen LogP contribution in [0.4, 0.5) is 24.5 Å². The van der Waals surface area contributed by atoms with Crippen molar-refractivity contribution in [3.05, 3.63) is 57.8 Å². The van der Waals surface area contributed by atoms with Gasteiger partial charge in [0.2, 0.25) is 0 Å². The van der Waals surface area contributed by atoms with Crippen LogP contribution in [0.15, 0.2) is 34.8 Å². The number of benzene rings is 2. The zero-order valence-corrected chi connectivity index (χ0v) is 12.0. The summed E-state index contributed by atoms with van der Waals surface area (Å²) in [6.45, 7) is 0. The van der Waals surface area contributed by atoms with Gasteiger partial charge in [-0.25, -0.2) is 13.2 Å². The van der Waals surface area contributed by atoms with E-state index < -0.39 is 29.0 Å². The first-order chi connectivity index (χ1) is 9.92. The van der Waals surface area contributed by atoms with E-state index in [4.69, 9.17) is 5.84 Å². The quantitative estimate of drug-likeness (QED) is 0.581. The third-order valence-electron chi connectivity index (χ3n) is 2.63. The van der Waals surface area contributed by atoms with E-state index in [0.29, 0.717) is 4.47 Å². The number of anilines is 2. The molecule has 0 bridgehead atoms. The molecule has 110 valence electrons. The average molecular weight is 360 g/mol. The summed E-state index contributed by atoms with van der Waals surface area (Å²) < 4.78 is 40.6. The van der Waals surface area contributed by atoms with E-state index in [0.717, 1.165) is 18.2 Å². The highest BCUT2D eigenvalue weighted by atomic mass is 79.9. The fourth-order valence-electron chi connectivity index (χ4n) is 1.63. The molecule has 4 N–H and O–H groups in total. The van der Waals surface area contributed by atoms with Crippen molar-refractivity contribution >= 4 is 33.2 Å². The molecule has 8 heteroatoms. The van der Waals surface area contributed by atoms with Gasteiger partial charge in [-0.3, -0.25) is 10.6 Å². The predicted molar refractivity (Wildman–Crippen MR) is 76.2 cm³/mol. The fourth-order valence-corrected chi connectivity index (χ4v) is 1.98. The van der Waals surface area contributed by atoms with Gasteiger partial charge in [0.05, 0.1) is 5.69 Å². The van der Waals surface area contributed by atoms with Crippen molar-refractivity contribution < 1.29 is 18.0 Å². The second kappa shape index (κ2) is 6.15. The predicted octanol–water partition coefficient (Wildman–Crippen LogP) is 3.40. The molecule has 0 saturated heterocycles. The zero-order chi connectivity index (χ0) is 15.6. The van der Waals surface area contributed by atoms with Gasteiger partial charge in [0.15, 0.2) is 11.6 Å². The van der Waals surface area contributed by atoms with Crippen LogP contribution >= 0.6 is 15.9 Å². The van der Waals surface area contributed by atoms with Gasteiger partial charge in [0.1, 0.15) is 11.5 Å². The Morgan fingerprint density at radius 3 is 2.29 bits per heavy atom. The van der Waals surface area contributed by atoms with Gasteiger partial charge in [0.25, 0.3) is 5.91 Å². The smallest absolute Gasteiger partial charge is 0.255 e. The maximum Gasteiger partial charge on any atom is 0.255 e. The number of amides is 1. The van der Waals surface area contributed by atoms with Gasteiger partial charge in [-0.05, 0) is 46.3 Å². The molecule has 0 aliphatic heterocycles. The Balaban J connectivity index is 2.31. The highest BCUT2D eigenvalue weighted by Gasteiger charge is 2.15. The first-order valence-electron chi connectivity index (χ1n) is 5.64. The molecular formula is C13H9BrF3N3O. The Hall–Kier alpha value is -2.06. The summed E-state index contributed by atoms with van der Waals surface area (Å²) >= 11 is 3.13. The number of carbonyl (C=O) groups excluding carboxylic acids is 1. The summed E-state index contributed by atoms with van der Waals surface area (Å²) in [4.78, 5) is 11.9. The first kappa shape index (κ1) is 15.3. The molecule has 0 radical (unpaired) electrons. The number of nitrogen functional groups attached to an aromatic ring is 1. The molecule has 0 unspecified atom stereocenters. The van der Waals surface area contributed by atoms with E-state index in [2.05, 4.69) is 21.2 Å². The second-order valence-corrected chi connectivity index (χ2v) is 4.89. The highest BCUT2D eigenvalue weighted by molar-refractivity contribution is 9.10. The van der Waals surface area contributed by atoms with Crippen molar-refractivity contribution in [3.63, 3.8) is 0 Å². The van der Waals surface area contributed by atoms with Gasteiger partial charge >= 0.3 is 0 Å². The van der Waals surface area contributed by atoms with Crippen LogP contribution < -0.4 is 16.6 Å². The number of hydrogen-bond donors (Lipinski definition) is 3. The third-order valence-corrected chi connectivity index (χ3v) is 3.32. The number of hydrogen-bond acceptors (Lipinski definition) is 3. The lowest BCUT2D eigenvalue weighted by Crippen LogP contribution is -2.15. The number of rotatable bonds is 3. The molecule has 0 spiro atoms. The van der Waals surface area contributed by atoms with Crippen LogP contribution in [0.3, 0.4) is 0 Å². The summed E-state index contributed by atoms with van der Waals surface area (Å²) in [6.07, 6.45) is 0. The lowest BCUT2D eigenvalue weighted by Gasteiger charge is -2.09. The molecule has 0 saturated carbocycles. The Morgan fingerprint density at radius 1 is 1.10 bits per heavy atom. The first-order valence-corrected chi connectivity index (χ1v) is 6.43. The van der Waals surface area contributed by atoms with E-state index in [9.17, 15) is 18.0 Å². The van der Waals surface area contributed by atoms with Crippen LogP contribution in [0.5, 0.6) is 0 Å². The molecule has 2 aromatic carbocycles. The largest absolute Gasteiger partial charge is 0.321 e. The molecule has 0 heterocycles. The summed E-state index contributed by atoms with van der Waals surface area (Å²) in [5.74, 6) is 1.58. The number of hydrazine groups is 1. The lowest BCUT2D eigenvalue weighted by atomic mass is 10.1. The van der Waals surface area contributed by atoms with Gasteiger partial charge < -0.3 is 10.7 Å². The summed E-state index contributed by atoms with van der Waals surface area (Å²) in [5, 5.41) is 2.35. The second-order valence-electron chi connectivity index (χ2n) is 4.04. The average Bonchev–Trinajstić information content (AvgIpc) is 2.42. The van der Waals surface area contributed by atoms with Crippen LogP contribution in [0.2, 0.25) is 0 Å². The molecule has 0 fully saturated rings. The van der Waals surface area contributed by atoms with Crippen LogP contribution in [0.25, 0.3) is 0 Å². The summed E-state index contributed by atoms with van der Waals surface area (Å²) in [7, 11) is 0. The van der Waals surface area contributed by atoms with Crippen LogP contribution in [-0.2, 0) is 0 Å². The van der Waals surface area contributed by atoms with Crippen molar-refractivity contribution in [2.24, 2.45) is 5.84 Å². The highest BCUT2D eigenvalue weighted by Crippen LogP contribution is 2.25. The van der Waals surface area contributed by atoms with E-state index >= 15 is 0 Å². The van der Waals surface area contributed by atoms with Gasteiger partial charge in [-0.2, -0.15) is 0 Å². The standard InChI is InChI=1S/C13H9BrF3N3O/c14-8-2-1-7(15)5-11(8)19-13(21)6-3-9(16)12(20-18)10(17)4-6/h1-5,20H,18H2,(H,19,21). The summed E-state index contributed by atoms with van der Waals surface area (Å²) in [6, 6.07) is 5.31. The molecule has 1 amide bonds. The van der Waals surface area contributed by atoms with Crippen LogP contribution in [0, 0.1) is 17.5 Å². The van der Waals surface area contributed by atoms with E-state index in [-0.39, 0.29) is 11.3 Å². The Morgan fingerprint density at radius 2 is 1.71 bits per heavy atom. The van der Waals surface area contributed by atoms with E-state index in [1.54, 1.807) is 0 Å². The Kier molecular flexibility index (Phi) is 4.49. The molecule has 4 nitrogen and oxygen atoms in total. The number of halogens is 4. The van der Waals surface area contributed by atoms with Crippen molar-refractivity contribution in [1.82, 2.24) is 0 Å². The minimum absolute atomic E-state index is 0.141. The maximum absolute atomic E-state index is 13.5.